The first-order chi connectivity index (χ1) is 0. The van der Waals surface area contributed by atoms with Gasteiger partial charge in [0.25, 0.3) is 0 Å². The molecule has 0 unspecified atom stereocenters. The fourth-order valence-electron chi connectivity index (χ4n) is 0. The third-order valence-corrected chi connectivity index (χ3v) is 0. The molecule has 0 N–H and O–H groups in total. The van der Waals surface area contributed by atoms with Gasteiger partial charge >= 0.3 is 315 Å². The average Bonchev–Trinajstić information content (AvgIpc) is 0. The first-order valence-corrected chi connectivity index (χ1v) is 0. The van der Waals surface area contributed by atoms with Crippen molar-refractivity contribution >= 4 is 108 Å². The van der Waals surface area contributed by atoms with Gasteiger partial charge in [-0.05, 0) is 0 Å². The van der Waals surface area contributed by atoms with E-state index in [9.17, 15) is 0 Å². The minimum atomic E-state index is 0. The van der Waals surface area contributed by atoms with Crippen molar-refractivity contribution in [3.63, 3.8) is 0 Å². The van der Waals surface area contributed by atoms with Gasteiger partial charge in [0, 0.05) is 0 Å². The fourth-order valence-corrected chi connectivity index (χ4v) is 0. The molecule has 16 heteroatoms. The Morgan fingerprint density at radius 1 is 0.250 bits per heavy atom. The zero-order chi connectivity index (χ0) is 0. The van der Waals surface area contributed by atoms with Gasteiger partial charge in [-0.1, -0.05) is 0 Å². The van der Waals surface area contributed by atoms with Gasteiger partial charge < -0.3 is 108 Å². The molecular formula is Li2Nb2Rb4S8. The topological polar surface area (TPSA) is 0 Å². The molecule has 0 rings (SSSR count). The molecule has 0 heterocycles. The van der Waals surface area contributed by atoms with E-state index >= 15 is 0 Å². The zero-order valence-electron chi connectivity index (χ0n) is 10.2. The van der Waals surface area contributed by atoms with Crippen molar-refractivity contribution in [3.05, 3.63) is 0 Å². The maximum atomic E-state index is 0. The maximum absolute atomic E-state index is 0. The summed E-state index contributed by atoms with van der Waals surface area (Å²) in [5.74, 6) is 0. The van der Waals surface area contributed by atoms with Crippen LogP contribution >= 0.6 is 0 Å². The van der Waals surface area contributed by atoms with Gasteiger partial charge in [0.1, 0.15) is 0 Å². The second kappa shape index (κ2) is 122. The summed E-state index contributed by atoms with van der Waals surface area (Å²) in [6.45, 7) is 0. The summed E-state index contributed by atoms with van der Waals surface area (Å²) >= 11 is 0. The molecule has 0 nitrogen and oxygen atoms in total. The van der Waals surface area contributed by atoms with E-state index in [0.717, 1.165) is 0 Å². The summed E-state index contributed by atoms with van der Waals surface area (Å²) in [7, 11) is 0. The van der Waals surface area contributed by atoms with Crippen LogP contribution in [0.25, 0.3) is 0 Å². The van der Waals surface area contributed by atoms with Gasteiger partial charge in [-0.2, -0.15) is 0 Å². The predicted molar refractivity (Wildman–Crippen MR) is 58.9 cm³/mol. The van der Waals surface area contributed by atoms with Crippen LogP contribution in [0.1, 0.15) is 0 Å². The second-order valence-corrected chi connectivity index (χ2v) is 0. The van der Waals surface area contributed by atoms with Crippen LogP contribution in [0.4, 0.5) is 0 Å². The normalized spacial score (nSPS) is 0. The van der Waals surface area contributed by atoms with E-state index in [2.05, 4.69) is 0 Å². The van der Waals surface area contributed by atoms with Gasteiger partial charge in [-0.3, -0.25) is 0 Å². The van der Waals surface area contributed by atoms with Crippen molar-refractivity contribution in [2.45, 2.75) is 0 Å². The smallest absolute Gasteiger partial charge is 2.00 e. The molecular weight excluding hydrogens is 798 g/mol. The summed E-state index contributed by atoms with van der Waals surface area (Å²) in [5.41, 5.74) is 0. The minimum Gasteiger partial charge on any atom is -2.00 e. The molecule has 0 radical (unpaired) electrons. The van der Waals surface area contributed by atoms with E-state index in [4.69, 9.17) is 0 Å². The van der Waals surface area contributed by atoms with Crippen molar-refractivity contribution < 1.29 is 315 Å². The molecule has 0 aromatic heterocycles. The van der Waals surface area contributed by atoms with Gasteiger partial charge in [-0.15, -0.1) is 0 Å². The number of hydrogen-bond acceptors (Lipinski definition) is 0. The summed E-state index contributed by atoms with van der Waals surface area (Å²) in [4.78, 5) is 0. The monoisotopic (exact) mass is 795 g/mol. The summed E-state index contributed by atoms with van der Waals surface area (Å²) in [6, 6.07) is 0. The average molecular weight is 798 g/mol. The first kappa shape index (κ1) is 137. The molecule has 0 bridgehead atoms. The quantitative estimate of drug-likeness (QED) is 0.214. The van der Waals surface area contributed by atoms with Crippen LogP contribution in [-0.4, -0.2) is 0 Å². The molecule has 16 heavy (non-hydrogen) atoms. The van der Waals surface area contributed by atoms with E-state index in [1.165, 1.54) is 0 Å². The third kappa shape index (κ3) is 109. The van der Waals surface area contributed by atoms with Gasteiger partial charge in [0.2, 0.25) is 0 Å². The van der Waals surface area contributed by atoms with Crippen molar-refractivity contribution in [2.75, 3.05) is 0 Å². The van der Waals surface area contributed by atoms with E-state index in [1.54, 1.807) is 0 Å². The molecule has 0 atom stereocenters. The van der Waals surface area contributed by atoms with Crippen molar-refractivity contribution in [1.82, 2.24) is 0 Å². The number of hydrogen-bond donors (Lipinski definition) is 0. The van der Waals surface area contributed by atoms with Crippen LogP contribution in [0.5, 0.6) is 0 Å². The molecule has 0 aliphatic carbocycles. The second-order valence-electron chi connectivity index (χ2n) is 0. The standard InChI is InChI=1S/2Li.2Nb.4Rb.8S/q2*+1;2*+5;4*+1;8*-2. The van der Waals surface area contributed by atoms with Crippen LogP contribution in [0.15, 0.2) is 0 Å². The van der Waals surface area contributed by atoms with Crippen molar-refractivity contribution in [2.24, 2.45) is 0 Å². The van der Waals surface area contributed by atoms with E-state index in [0.29, 0.717) is 0 Å². The molecule has 0 aliphatic rings. The summed E-state index contributed by atoms with van der Waals surface area (Å²) in [5, 5.41) is 0. The first-order valence-electron chi connectivity index (χ1n) is 0. The van der Waals surface area contributed by atoms with Gasteiger partial charge in [0.05, 0.1) is 0 Å². The fraction of sp³-hybridized carbons (Fsp3) is 0. The van der Waals surface area contributed by atoms with E-state index in [-0.39, 0.29) is 423 Å². The van der Waals surface area contributed by atoms with E-state index < -0.39 is 0 Å². The van der Waals surface area contributed by atoms with Crippen LogP contribution < -0.4 is 270 Å². The molecule has 0 fully saturated rings. The van der Waals surface area contributed by atoms with Crippen LogP contribution in [0.3, 0.4) is 0 Å². The Kier molecular flexibility index (Phi) is 1050. The Hall–Kier alpha value is 12.7. The van der Waals surface area contributed by atoms with Crippen LogP contribution in [0.2, 0.25) is 0 Å². The maximum Gasteiger partial charge on any atom is 5.00 e. The minimum absolute atomic E-state index is 0. The van der Waals surface area contributed by atoms with Crippen molar-refractivity contribution in [1.29, 1.82) is 0 Å². The Morgan fingerprint density at radius 3 is 0.250 bits per heavy atom. The molecule has 0 saturated carbocycles. The Balaban J connectivity index is 0. The molecule has 0 aromatic carbocycles. The molecule has 0 aromatic rings. The summed E-state index contributed by atoms with van der Waals surface area (Å²) < 4.78 is 0. The molecule has 0 aliphatic heterocycles. The molecule has 0 saturated heterocycles. The van der Waals surface area contributed by atoms with Crippen molar-refractivity contribution in [3.8, 4) is 0 Å². The van der Waals surface area contributed by atoms with Gasteiger partial charge in [0.15, 0.2) is 0 Å². The molecule has 0 spiro atoms. The molecule has 0 amide bonds. The SMILES string of the molecule is [Li+].[Li+].[Nb+5].[Nb+5].[Rb+].[Rb+].[Rb+].[Rb+].[S-2].[S-2].[S-2].[S-2].[S-2].[S-2].[S-2].[S-2]. The van der Waals surface area contributed by atoms with Crippen LogP contribution in [0, 0.1) is 0 Å². The predicted octanol–water partition coefficient (Wildman–Crippen LogP) is -18.0. The Bertz CT molecular complexity index is 28.0. The number of rotatable bonds is 0. The Labute approximate surface area is 408 Å². The third-order valence-electron chi connectivity index (χ3n) is 0. The van der Waals surface area contributed by atoms with Crippen LogP contribution in [-0.2, 0) is 153 Å². The largest absolute Gasteiger partial charge is 5.00 e. The van der Waals surface area contributed by atoms with Gasteiger partial charge in [-0.25, -0.2) is 0 Å². The summed E-state index contributed by atoms with van der Waals surface area (Å²) in [6.07, 6.45) is 0. The Morgan fingerprint density at radius 2 is 0.250 bits per heavy atom. The zero-order valence-corrected chi connectivity index (χ0v) is 40.8. The molecule has 64 valence electrons. The van der Waals surface area contributed by atoms with E-state index in [1.807, 2.05) is 0 Å².